The van der Waals surface area contributed by atoms with Gasteiger partial charge in [0.05, 0.1) is 19.4 Å². The summed E-state index contributed by atoms with van der Waals surface area (Å²) in [5, 5.41) is 7.44. The van der Waals surface area contributed by atoms with Crippen LogP contribution in [0.3, 0.4) is 0 Å². The number of halogens is 4. The molecular weight excluding hydrogens is 484 g/mol. The average molecular weight is 504 g/mol. The molecule has 2 rings (SSSR count). The van der Waals surface area contributed by atoms with Crippen molar-refractivity contribution in [2.24, 2.45) is 4.99 Å². The van der Waals surface area contributed by atoms with Crippen molar-refractivity contribution in [1.82, 2.24) is 15.6 Å². The third-order valence-corrected chi connectivity index (χ3v) is 3.89. The maximum atomic E-state index is 12.6. The molecule has 146 valence electrons. The average Bonchev–Trinajstić information content (AvgIpc) is 3.23. The van der Waals surface area contributed by atoms with Crippen LogP contribution in [0.25, 0.3) is 0 Å². The van der Waals surface area contributed by atoms with Crippen molar-refractivity contribution < 1.29 is 22.3 Å². The van der Waals surface area contributed by atoms with Crippen molar-refractivity contribution in [3.05, 3.63) is 40.2 Å². The molecule has 0 aliphatic carbocycles. The number of hydrogen-bond donors (Lipinski definition) is 2. The van der Waals surface area contributed by atoms with Crippen LogP contribution in [0.5, 0.6) is 0 Å². The second-order valence-electron chi connectivity index (χ2n) is 4.96. The minimum absolute atomic E-state index is 0. The third-order valence-electron chi connectivity index (χ3n) is 3.06. The van der Waals surface area contributed by atoms with Gasteiger partial charge in [-0.05, 0) is 12.1 Å². The Bertz CT molecular complexity index is 662. The van der Waals surface area contributed by atoms with E-state index in [0.29, 0.717) is 37.1 Å². The number of hydrogen-bond acceptors (Lipinski definition) is 5. The molecule has 0 saturated heterocycles. The van der Waals surface area contributed by atoms with Crippen LogP contribution in [0.15, 0.2) is 33.2 Å². The number of ether oxygens (including phenoxy) is 1. The van der Waals surface area contributed by atoms with Crippen LogP contribution in [-0.4, -0.2) is 37.7 Å². The number of furan rings is 1. The molecule has 0 unspecified atom stereocenters. The number of nitrogens with zero attached hydrogens (tertiary/aromatic N) is 2. The van der Waals surface area contributed by atoms with E-state index < -0.39 is 11.9 Å². The van der Waals surface area contributed by atoms with Gasteiger partial charge in [0.1, 0.15) is 10.8 Å². The second-order valence-corrected chi connectivity index (χ2v) is 5.91. The molecule has 0 fully saturated rings. The topological polar surface area (TPSA) is 71.7 Å². The molecule has 2 aromatic rings. The zero-order chi connectivity index (χ0) is 18.1. The van der Waals surface area contributed by atoms with E-state index in [0.717, 1.165) is 22.5 Å². The predicted octanol–water partition coefficient (Wildman–Crippen LogP) is 3.30. The van der Waals surface area contributed by atoms with Crippen molar-refractivity contribution in [2.45, 2.75) is 19.1 Å². The molecule has 0 saturated carbocycles. The van der Waals surface area contributed by atoms with Gasteiger partial charge in [-0.1, -0.05) is 0 Å². The molecule has 0 radical (unpaired) electrons. The van der Waals surface area contributed by atoms with E-state index >= 15 is 0 Å². The van der Waals surface area contributed by atoms with Gasteiger partial charge in [-0.15, -0.1) is 35.3 Å². The fourth-order valence-corrected chi connectivity index (χ4v) is 2.59. The Labute approximate surface area is 170 Å². The van der Waals surface area contributed by atoms with Gasteiger partial charge in [-0.25, -0.2) is 9.98 Å². The Kier molecular flexibility index (Phi) is 9.94. The number of guanidine groups is 1. The molecule has 0 aliphatic rings. The summed E-state index contributed by atoms with van der Waals surface area (Å²) in [6.45, 7) is 1.63. The Morgan fingerprint density at radius 2 is 2.12 bits per heavy atom. The smallest absolute Gasteiger partial charge is 0.434 e. The first kappa shape index (κ1) is 22.7. The Morgan fingerprint density at radius 1 is 1.35 bits per heavy atom. The molecule has 0 bridgehead atoms. The summed E-state index contributed by atoms with van der Waals surface area (Å²) in [6.07, 6.45) is -2.17. The highest BCUT2D eigenvalue weighted by Crippen LogP contribution is 2.30. The van der Waals surface area contributed by atoms with E-state index in [1.807, 2.05) is 12.1 Å². The number of aliphatic imine (C=N–C) groups is 1. The van der Waals surface area contributed by atoms with Crippen LogP contribution in [0, 0.1) is 0 Å². The van der Waals surface area contributed by atoms with Gasteiger partial charge in [-0.2, -0.15) is 13.2 Å². The zero-order valence-corrected chi connectivity index (χ0v) is 17.2. The quantitative estimate of drug-likeness (QED) is 0.250. The van der Waals surface area contributed by atoms with Crippen molar-refractivity contribution in [3.63, 3.8) is 0 Å². The molecule has 6 nitrogen and oxygen atoms in total. The van der Waals surface area contributed by atoms with Crippen molar-refractivity contribution >= 4 is 41.3 Å². The van der Waals surface area contributed by atoms with Crippen LogP contribution in [-0.2, 0) is 23.9 Å². The number of methoxy groups -OCH3 is 1. The van der Waals surface area contributed by atoms with Crippen LogP contribution >= 0.6 is 35.3 Å². The molecule has 2 heterocycles. The van der Waals surface area contributed by atoms with Gasteiger partial charge in [-0.3, -0.25) is 0 Å². The van der Waals surface area contributed by atoms with Gasteiger partial charge < -0.3 is 19.8 Å². The second kappa shape index (κ2) is 11.4. The van der Waals surface area contributed by atoms with E-state index in [4.69, 9.17) is 9.15 Å². The molecule has 0 amide bonds. The van der Waals surface area contributed by atoms with E-state index in [1.165, 1.54) is 0 Å². The van der Waals surface area contributed by atoms with Gasteiger partial charge in [0.2, 0.25) is 0 Å². The number of alkyl halides is 3. The van der Waals surface area contributed by atoms with Crippen LogP contribution in [0.2, 0.25) is 0 Å². The van der Waals surface area contributed by atoms with E-state index in [9.17, 15) is 13.2 Å². The Morgan fingerprint density at radius 3 is 2.73 bits per heavy atom. The van der Waals surface area contributed by atoms with Crippen molar-refractivity contribution in [3.8, 4) is 0 Å². The SMILES string of the molecule is COCCNC(=NCc1nc(C(F)(F)F)cs1)NCCc1ccco1.I. The van der Waals surface area contributed by atoms with Crippen LogP contribution < -0.4 is 10.6 Å². The third kappa shape index (κ3) is 7.91. The van der Waals surface area contributed by atoms with Gasteiger partial charge in [0, 0.05) is 32.0 Å². The van der Waals surface area contributed by atoms with Gasteiger partial charge in [0.25, 0.3) is 0 Å². The summed E-state index contributed by atoms with van der Waals surface area (Å²) in [5.74, 6) is 1.31. The lowest BCUT2D eigenvalue weighted by atomic mass is 10.3. The minimum Gasteiger partial charge on any atom is -0.469 e. The fraction of sp³-hybridized carbons (Fsp3) is 0.467. The monoisotopic (exact) mass is 504 g/mol. The van der Waals surface area contributed by atoms with Gasteiger partial charge >= 0.3 is 6.18 Å². The summed E-state index contributed by atoms with van der Waals surface area (Å²) in [4.78, 5) is 7.83. The highest BCUT2D eigenvalue weighted by atomic mass is 127. The Balaban J connectivity index is 0.00000338. The summed E-state index contributed by atoms with van der Waals surface area (Å²) < 4.78 is 47.9. The first-order valence-electron chi connectivity index (χ1n) is 7.54. The summed E-state index contributed by atoms with van der Waals surface area (Å²) in [5.41, 5.74) is -0.887. The molecule has 2 aromatic heterocycles. The standard InChI is InChI=1S/C15H19F3N4O2S.HI/c1-23-8-6-20-14(19-5-4-11-3-2-7-24-11)21-9-13-22-12(10-25-13)15(16,17)18;/h2-3,7,10H,4-6,8-9H2,1H3,(H2,19,20,21);1H. The maximum Gasteiger partial charge on any atom is 0.434 e. The lowest BCUT2D eigenvalue weighted by Gasteiger charge is -2.11. The molecule has 0 aliphatic heterocycles. The molecule has 0 spiro atoms. The summed E-state index contributed by atoms with van der Waals surface area (Å²) >= 11 is 0.935. The highest BCUT2D eigenvalue weighted by molar-refractivity contribution is 14.0. The summed E-state index contributed by atoms with van der Waals surface area (Å²) in [7, 11) is 1.58. The van der Waals surface area contributed by atoms with E-state index in [-0.39, 0.29) is 30.5 Å². The van der Waals surface area contributed by atoms with Crippen molar-refractivity contribution in [1.29, 1.82) is 0 Å². The minimum atomic E-state index is -4.43. The number of aromatic nitrogens is 1. The largest absolute Gasteiger partial charge is 0.469 e. The first-order chi connectivity index (χ1) is 12.0. The van der Waals surface area contributed by atoms with Crippen LogP contribution in [0.1, 0.15) is 16.5 Å². The van der Waals surface area contributed by atoms with E-state index in [1.54, 1.807) is 13.4 Å². The molecular formula is C15H20F3IN4O2S. The molecule has 2 N–H and O–H groups in total. The first-order valence-corrected chi connectivity index (χ1v) is 8.42. The Hall–Kier alpha value is -1.34. The zero-order valence-electron chi connectivity index (χ0n) is 14.0. The lowest BCUT2D eigenvalue weighted by molar-refractivity contribution is -0.140. The fourth-order valence-electron chi connectivity index (χ4n) is 1.87. The number of nitrogens with one attached hydrogen (secondary N) is 2. The summed E-state index contributed by atoms with van der Waals surface area (Å²) in [6, 6.07) is 3.67. The molecule has 11 heteroatoms. The van der Waals surface area contributed by atoms with Crippen molar-refractivity contribution in [2.75, 3.05) is 26.8 Å². The van der Waals surface area contributed by atoms with Gasteiger partial charge in [0.15, 0.2) is 11.7 Å². The molecule has 0 atom stereocenters. The lowest BCUT2D eigenvalue weighted by Crippen LogP contribution is -2.40. The predicted molar refractivity (Wildman–Crippen MR) is 104 cm³/mol. The maximum absolute atomic E-state index is 12.6. The molecule has 0 aromatic carbocycles. The number of rotatable bonds is 8. The van der Waals surface area contributed by atoms with Crippen LogP contribution in [0.4, 0.5) is 13.2 Å². The van der Waals surface area contributed by atoms with E-state index in [2.05, 4.69) is 20.6 Å². The number of thiazole rings is 1. The molecule has 26 heavy (non-hydrogen) atoms. The highest BCUT2D eigenvalue weighted by Gasteiger charge is 2.33. The normalized spacial score (nSPS) is 11.9.